The van der Waals surface area contributed by atoms with Crippen LogP contribution in [0.15, 0.2) is 21.4 Å². The van der Waals surface area contributed by atoms with E-state index in [9.17, 15) is 4.79 Å². The molecule has 2 N–H and O–H groups in total. The maximum absolute atomic E-state index is 12.3. The van der Waals surface area contributed by atoms with Crippen LogP contribution in [-0.4, -0.2) is 34.5 Å². The molecule has 0 aliphatic carbocycles. The minimum absolute atomic E-state index is 0.154. The van der Waals surface area contributed by atoms with Crippen LogP contribution in [0.1, 0.15) is 50.4 Å². The molecule has 1 fully saturated rings. The topological polar surface area (TPSA) is 115 Å². The molecule has 2 amide bonds. The zero-order valence-electron chi connectivity index (χ0n) is 13.7. The van der Waals surface area contributed by atoms with E-state index in [1.807, 2.05) is 13.8 Å². The maximum atomic E-state index is 12.3. The third-order valence-electron chi connectivity index (χ3n) is 3.94. The first-order valence-electron chi connectivity index (χ1n) is 8.02. The van der Waals surface area contributed by atoms with Crippen LogP contribution in [0.5, 0.6) is 0 Å². The van der Waals surface area contributed by atoms with Crippen molar-refractivity contribution in [3.8, 4) is 0 Å². The smallest absolute Gasteiger partial charge is 0.321 e. The van der Waals surface area contributed by atoms with E-state index >= 15 is 0 Å². The van der Waals surface area contributed by atoms with E-state index in [1.54, 1.807) is 6.07 Å². The van der Waals surface area contributed by atoms with Crippen molar-refractivity contribution in [1.29, 1.82) is 0 Å². The predicted octanol–water partition coefficient (Wildman–Crippen LogP) is 2.47. The monoisotopic (exact) mass is 335 g/mol. The van der Waals surface area contributed by atoms with Crippen molar-refractivity contribution in [3.05, 3.63) is 24.0 Å². The van der Waals surface area contributed by atoms with Gasteiger partial charge in [-0.3, -0.25) is 5.32 Å². The summed E-state index contributed by atoms with van der Waals surface area (Å²) in [5.74, 6) is 1.71. The molecule has 3 heterocycles. The van der Waals surface area contributed by atoms with Crippen LogP contribution in [0.3, 0.4) is 0 Å². The van der Waals surface area contributed by atoms with Gasteiger partial charge in [0.15, 0.2) is 11.6 Å². The summed E-state index contributed by atoms with van der Waals surface area (Å²) >= 11 is 0. The zero-order valence-corrected chi connectivity index (χ0v) is 13.7. The van der Waals surface area contributed by atoms with Crippen LogP contribution < -0.4 is 10.6 Å². The van der Waals surface area contributed by atoms with Gasteiger partial charge in [-0.05, 0) is 18.8 Å². The molecule has 9 nitrogen and oxygen atoms in total. The van der Waals surface area contributed by atoms with Gasteiger partial charge in [-0.2, -0.15) is 4.98 Å². The Hall–Kier alpha value is -2.42. The number of aromatic nitrogens is 3. The van der Waals surface area contributed by atoms with Crippen LogP contribution in [0.25, 0.3) is 0 Å². The summed E-state index contributed by atoms with van der Waals surface area (Å²) < 4.78 is 15.5. The molecule has 2 aromatic heterocycles. The van der Waals surface area contributed by atoms with Gasteiger partial charge in [0, 0.05) is 25.2 Å². The largest absolute Gasteiger partial charge is 0.381 e. The Morgan fingerprint density at radius 1 is 1.29 bits per heavy atom. The predicted molar refractivity (Wildman–Crippen MR) is 83.3 cm³/mol. The summed E-state index contributed by atoms with van der Waals surface area (Å²) in [6.45, 7) is 5.28. The van der Waals surface area contributed by atoms with Gasteiger partial charge < -0.3 is 19.1 Å². The molecule has 130 valence electrons. The van der Waals surface area contributed by atoms with E-state index in [0.29, 0.717) is 30.7 Å². The molecule has 0 bridgehead atoms. The number of nitrogens with one attached hydrogen (secondary N) is 2. The molecule has 2 aromatic rings. The SMILES string of the molecule is CC(C)c1noc(C(NC(=O)Nc2ccon2)C2CCOCC2)n1. The van der Waals surface area contributed by atoms with Crippen LogP contribution in [0, 0.1) is 5.92 Å². The highest BCUT2D eigenvalue weighted by atomic mass is 16.5. The number of hydrogen-bond acceptors (Lipinski definition) is 7. The molecule has 9 heteroatoms. The average Bonchev–Trinajstić information content (AvgIpc) is 3.25. The van der Waals surface area contributed by atoms with Gasteiger partial charge in [-0.15, -0.1) is 0 Å². The van der Waals surface area contributed by atoms with Crippen LogP contribution in [0.4, 0.5) is 10.6 Å². The Labute approximate surface area is 139 Å². The van der Waals surface area contributed by atoms with Crippen LogP contribution in [-0.2, 0) is 4.74 Å². The molecule has 3 rings (SSSR count). The number of carbonyl (C=O) groups excluding carboxylic acids is 1. The third-order valence-corrected chi connectivity index (χ3v) is 3.94. The first kappa shape index (κ1) is 16.4. The molecule has 0 radical (unpaired) electrons. The molecular weight excluding hydrogens is 314 g/mol. The highest BCUT2D eigenvalue weighted by molar-refractivity contribution is 5.88. The van der Waals surface area contributed by atoms with Crippen LogP contribution in [0.2, 0.25) is 0 Å². The molecule has 1 aliphatic heterocycles. The Morgan fingerprint density at radius 3 is 2.71 bits per heavy atom. The Balaban J connectivity index is 1.74. The molecule has 1 atom stereocenters. The van der Waals surface area contributed by atoms with E-state index in [-0.39, 0.29) is 17.9 Å². The van der Waals surface area contributed by atoms with Crippen molar-refractivity contribution in [2.45, 2.75) is 38.6 Å². The second-order valence-corrected chi connectivity index (χ2v) is 6.06. The molecule has 0 aromatic carbocycles. The fraction of sp³-hybridized carbons (Fsp3) is 0.600. The van der Waals surface area contributed by atoms with E-state index < -0.39 is 6.03 Å². The number of rotatable bonds is 5. The first-order valence-corrected chi connectivity index (χ1v) is 8.02. The van der Waals surface area contributed by atoms with E-state index in [0.717, 1.165) is 12.8 Å². The Kier molecular flexibility index (Phi) is 5.09. The lowest BCUT2D eigenvalue weighted by Gasteiger charge is -2.28. The first-order chi connectivity index (χ1) is 11.6. The molecule has 1 unspecified atom stereocenters. The van der Waals surface area contributed by atoms with Gasteiger partial charge in [0.25, 0.3) is 0 Å². The number of ether oxygens (including phenoxy) is 1. The molecular formula is C15H21N5O4. The van der Waals surface area contributed by atoms with Gasteiger partial charge >= 0.3 is 6.03 Å². The molecule has 24 heavy (non-hydrogen) atoms. The van der Waals surface area contributed by atoms with Crippen molar-refractivity contribution >= 4 is 11.8 Å². The number of nitrogens with zero attached hydrogens (tertiary/aromatic N) is 3. The number of carbonyl (C=O) groups is 1. The summed E-state index contributed by atoms with van der Waals surface area (Å²) in [4.78, 5) is 16.7. The normalized spacial score (nSPS) is 17.0. The van der Waals surface area contributed by atoms with Gasteiger partial charge in [-0.1, -0.05) is 24.2 Å². The Bertz CT molecular complexity index is 649. The standard InChI is InChI=1S/C15H21N5O4/c1-9(2)13-18-14(24-20-13)12(10-3-6-22-7-4-10)17-15(21)16-11-5-8-23-19-11/h5,8-10,12H,3-4,6-7H2,1-2H3,(H2,16,17,19,21). The van der Waals surface area contributed by atoms with Crippen molar-refractivity contribution in [1.82, 2.24) is 20.6 Å². The van der Waals surface area contributed by atoms with Crippen molar-refractivity contribution in [2.75, 3.05) is 18.5 Å². The van der Waals surface area contributed by atoms with Crippen LogP contribution >= 0.6 is 0 Å². The molecule has 1 saturated heterocycles. The third kappa shape index (κ3) is 3.91. The average molecular weight is 335 g/mol. The lowest BCUT2D eigenvalue weighted by Crippen LogP contribution is -2.38. The minimum Gasteiger partial charge on any atom is -0.381 e. The molecule has 0 spiro atoms. The van der Waals surface area contributed by atoms with Gasteiger partial charge in [0.1, 0.15) is 12.3 Å². The van der Waals surface area contributed by atoms with E-state index in [1.165, 1.54) is 6.26 Å². The number of hydrogen-bond donors (Lipinski definition) is 2. The molecule has 1 aliphatic rings. The summed E-state index contributed by atoms with van der Waals surface area (Å²) in [5.41, 5.74) is 0. The second kappa shape index (κ2) is 7.43. The Morgan fingerprint density at radius 2 is 2.08 bits per heavy atom. The van der Waals surface area contributed by atoms with Gasteiger partial charge in [-0.25, -0.2) is 4.79 Å². The van der Waals surface area contributed by atoms with E-state index in [4.69, 9.17) is 13.8 Å². The summed E-state index contributed by atoms with van der Waals surface area (Å²) in [5, 5.41) is 13.2. The molecule has 0 saturated carbocycles. The summed E-state index contributed by atoms with van der Waals surface area (Å²) in [6, 6.07) is 0.789. The quantitative estimate of drug-likeness (QED) is 0.862. The second-order valence-electron chi connectivity index (χ2n) is 6.06. The van der Waals surface area contributed by atoms with Gasteiger partial charge in [0.05, 0.1) is 0 Å². The van der Waals surface area contributed by atoms with Crippen molar-refractivity contribution < 1.29 is 18.6 Å². The maximum Gasteiger partial charge on any atom is 0.321 e. The number of anilines is 1. The highest BCUT2D eigenvalue weighted by Gasteiger charge is 2.31. The van der Waals surface area contributed by atoms with Crippen molar-refractivity contribution in [2.24, 2.45) is 5.92 Å². The summed E-state index contributed by atoms with van der Waals surface area (Å²) in [7, 11) is 0. The fourth-order valence-electron chi connectivity index (χ4n) is 2.61. The van der Waals surface area contributed by atoms with E-state index in [2.05, 4.69) is 25.9 Å². The summed E-state index contributed by atoms with van der Waals surface area (Å²) in [6.07, 6.45) is 3.01. The number of amides is 2. The number of urea groups is 1. The lowest BCUT2D eigenvalue weighted by atomic mass is 9.91. The van der Waals surface area contributed by atoms with Crippen molar-refractivity contribution in [3.63, 3.8) is 0 Å². The minimum atomic E-state index is -0.398. The highest BCUT2D eigenvalue weighted by Crippen LogP contribution is 2.30. The lowest BCUT2D eigenvalue weighted by molar-refractivity contribution is 0.0506. The fourth-order valence-corrected chi connectivity index (χ4v) is 2.61. The zero-order chi connectivity index (χ0) is 16.9. The van der Waals surface area contributed by atoms with Gasteiger partial charge in [0.2, 0.25) is 5.89 Å².